The van der Waals surface area contributed by atoms with Crippen molar-refractivity contribution >= 4 is 45.2 Å². The fourth-order valence-electron chi connectivity index (χ4n) is 4.17. The molecule has 2 aliphatic heterocycles. The molecule has 4 rings (SSSR count). The molecule has 10 nitrogen and oxygen atoms in total. The Balaban J connectivity index is 1.48. The number of carbonyl (C=O) groups is 3. The lowest BCUT2D eigenvalue weighted by molar-refractivity contribution is -0.133. The van der Waals surface area contributed by atoms with Crippen molar-refractivity contribution in [3.63, 3.8) is 0 Å². The fraction of sp³-hybridized carbons (Fsp3) is 0.526. The number of halogens is 1. The molecule has 1 saturated carbocycles. The Labute approximate surface area is 184 Å². The first kappa shape index (κ1) is 22.0. The largest absolute Gasteiger partial charge is 0.379 e. The van der Waals surface area contributed by atoms with Gasteiger partial charge in [0.1, 0.15) is 12.1 Å². The average Bonchev–Trinajstić information content (AvgIpc) is 3.31. The van der Waals surface area contributed by atoms with E-state index in [4.69, 9.17) is 16.3 Å². The van der Waals surface area contributed by atoms with E-state index >= 15 is 0 Å². The predicted molar refractivity (Wildman–Crippen MR) is 111 cm³/mol. The van der Waals surface area contributed by atoms with Gasteiger partial charge in [0.15, 0.2) is 0 Å². The van der Waals surface area contributed by atoms with Gasteiger partial charge in [0.05, 0.1) is 28.8 Å². The summed E-state index contributed by atoms with van der Waals surface area (Å²) in [4.78, 5) is 38.4. The van der Waals surface area contributed by atoms with E-state index in [1.165, 1.54) is 22.5 Å². The first-order valence-corrected chi connectivity index (χ1v) is 11.9. The number of rotatable bonds is 5. The van der Waals surface area contributed by atoms with Crippen LogP contribution in [-0.4, -0.2) is 73.9 Å². The molecule has 0 radical (unpaired) electrons. The third-order valence-corrected chi connectivity index (χ3v) is 8.05. The summed E-state index contributed by atoms with van der Waals surface area (Å²) in [5, 5.41) is 5.37. The minimum Gasteiger partial charge on any atom is -0.379 e. The number of benzene rings is 1. The van der Waals surface area contributed by atoms with Gasteiger partial charge >= 0.3 is 6.03 Å². The second-order valence-corrected chi connectivity index (χ2v) is 10.2. The Bertz CT molecular complexity index is 1020. The third kappa shape index (κ3) is 4.14. The molecule has 168 valence electrons. The van der Waals surface area contributed by atoms with Gasteiger partial charge in [0.25, 0.3) is 5.91 Å². The summed E-state index contributed by atoms with van der Waals surface area (Å²) < 4.78 is 32.2. The lowest BCUT2D eigenvalue weighted by Crippen LogP contribution is -2.44. The van der Waals surface area contributed by atoms with Crippen molar-refractivity contribution in [3.05, 3.63) is 23.2 Å². The van der Waals surface area contributed by atoms with Crippen LogP contribution in [0.2, 0.25) is 5.02 Å². The predicted octanol–water partition coefficient (Wildman–Crippen LogP) is 1.16. The van der Waals surface area contributed by atoms with Crippen molar-refractivity contribution in [1.29, 1.82) is 0 Å². The highest BCUT2D eigenvalue weighted by molar-refractivity contribution is 7.89. The molecule has 31 heavy (non-hydrogen) atoms. The molecule has 2 saturated heterocycles. The van der Waals surface area contributed by atoms with E-state index in [1.54, 1.807) is 0 Å². The maximum Gasteiger partial charge on any atom is 0.325 e. The number of ether oxygens (including phenoxy) is 1. The second kappa shape index (κ2) is 8.38. The van der Waals surface area contributed by atoms with Crippen LogP contribution in [0.3, 0.4) is 0 Å². The Morgan fingerprint density at radius 2 is 1.87 bits per heavy atom. The van der Waals surface area contributed by atoms with Crippen molar-refractivity contribution in [1.82, 2.24) is 14.5 Å². The highest BCUT2D eigenvalue weighted by Crippen LogP contribution is 2.35. The molecule has 1 spiro atoms. The van der Waals surface area contributed by atoms with Crippen molar-refractivity contribution in [2.45, 2.75) is 36.1 Å². The maximum absolute atomic E-state index is 12.9. The summed E-state index contributed by atoms with van der Waals surface area (Å²) in [6.07, 6.45) is 2.80. The molecule has 2 N–H and O–H groups in total. The number of nitrogens with zero attached hydrogens (tertiary/aromatic N) is 2. The van der Waals surface area contributed by atoms with Gasteiger partial charge in [-0.25, -0.2) is 13.2 Å². The Hall–Kier alpha value is -2.21. The van der Waals surface area contributed by atoms with Gasteiger partial charge in [-0.15, -0.1) is 0 Å². The standard InChI is InChI=1S/C19H23ClN4O6S/c20-14-4-3-13(31(28,29)23-7-9-30-10-8-23)11-15(14)21-16(25)12-24-17(26)19(22-18(24)27)5-1-2-6-19/h3-4,11H,1-2,5-10,12H2,(H,21,25)(H,22,27). The number of hydrogen-bond acceptors (Lipinski definition) is 6. The van der Waals surface area contributed by atoms with Crippen LogP contribution in [0.4, 0.5) is 10.5 Å². The molecule has 1 aromatic rings. The zero-order valence-electron chi connectivity index (χ0n) is 16.7. The molecule has 0 unspecified atom stereocenters. The molecule has 0 atom stereocenters. The molecular formula is C19H23ClN4O6S. The van der Waals surface area contributed by atoms with Gasteiger partial charge in [-0.2, -0.15) is 4.31 Å². The summed E-state index contributed by atoms with van der Waals surface area (Å²) in [5.74, 6) is -1.05. The summed E-state index contributed by atoms with van der Waals surface area (Å²) in [7, 11) is -3.78. The lowest BCUT2D eigenvalue weighted by Gasteiger charge is -2.26. The molecule has 3 fully saturated rings. The molecule has 12 heteroatoms. The number of nitrogens with one attached hydrogen (secondary N) is 2. The molecule has 1 aliphatic carbocycles. The van der Waals surface area contributed by atoms with E-state index in [-0.39, 0.29) is 28.7 Å². The van der Waals surface area contributed by atoms with E-state index in [9.17, 15) is 22.8 Å². The number of imide groups is 1. The monoisotopic (exact) mass is 470 g/mol. The maximum atomic E-state index is 12.9. The van der Waals surface area contributed by atoms with Crippen LogP contribution >= 0.6 is 11.6 Å². The molecule has 0 aromatic heterocycles. The van der Waals surface area contributed by atoms with Crippen LogP contribution in [0, 0.1) is 0 Å². The Morgan fingerprint density at radius 3 is 2.55 bits per heavy atom. The van der Waals surface area contributed by atoms with Crippen molar-refractivity contribution in [2.75, 3.05) is 38.2 Å². The zero-order valence-corrected chi connectivity index (χ0v) is 18.3. The number of amides is 4. The van der Waals surface area contributed by atoms with Crippen LogP contribution in [0.5, 0.6) is 0 Å². The molecule has 4 amide bonds. The van der Waals surface area contributed by atoms with Crippen LogP contribution < -0.4 is 10.6 Å². The number of hydrogen-bond donors (Lipinski definition) is 2. The summed E-state index contributed by atoms with van der Waals surface area (Å²) in [6, 6.07) is 3.42. The fourth-order valence-corrected chi connectivity index (χ4v) is 5.77. The lowest BCUT2D eigenvalue weighted by atomic mass is 9.98. The van der Waals surface area contributed by atoms with Gasteiger partial charge in [0, 0.05) is 13.1 Å². The van der Waals surface area contributed by atoms with Gasteiger partial charge in [-0.05, 0) is 31.0 Å². The minimum atomic E-state index is -3.78. The summed E-state index contributed by atoms with van der Waals surface area (Å²) in [6.45, 7) is 0.609. The van der Waals surface area contributed by atoms with Crippen molar-refractivity contribution < 1.29 is 27.5 Å². The minimum absolute atomic E-state index is 0.0194. The molecule has 2 heterocycles. The van der Waals surface area contributed by atoms with Gasteiger partial charge < -0.3 is 15.4 Å². The summed E-state index contributed by atoms with van der Waals surface area (Å²) >= 11 is 6.15. The average molecular weight is 471 g/mol. The molecular weight excluding hydrogens is 448 g/mol. The van der Waals surface area contributed by atoms with Crippen molar-refractivity contribution in [3.8, 4) is 0 Å². The zero-order chi connectivity index (χ0) is 22.2. The van der Waals surface area contributed by atoms with E-state index in [2.05, 4.69) is 10.6 Å². The van der Waals surface area contributed by atoms with Crippen LogP contribution in [0.25, 0.3) is 0 Å². The SMILES string of the molecule is O=C(CN1C(=O)NC2(CCCC2)C1=O)Nc1cc(S(=O)(=O)N2CCOCC2)ccc1Cl. The molecule has 0 bridgehead atoms. The van der Waals surface area contributed by atoms with Gasteiger partial charge in [-0.1, -0.05) is 24.4 Å². The normalized spacial score (nSPS) is 21.5. The second-order valence-electron chi connectivity index (χ2n) is 7.82. The first-order chi connectivity index (χ1) is 14.7. The smallest absolute Gasteiger partial charge is 0.325 e. The number of urea groups is 1. The van der Waals surface area contributed by atoms with Crippen LogP contribution in [0.1, 0.15) is 25.7 Å². The topological polar surface area (TPSA) is 125 Å². The third-order valence-electron chi connectivity index (χ3n) is 5.82. The molecule has 3 aliphatic rings. The van der Waals surface area contributed by atoms with E-state index in [1.807, 2.05) is 0 Å². The first-order valence-electron chi connectivity index (χ1n) is 10.0. The Morgan fingerprint density at radius 1 is 1.19 bits per heavy atom. The highest BCUT2D eigenvalue weighted by atomic mass is 35.5. The quantitative estimate of drug-likeness (QED) is 0.622. The van der Waals surface area contributed by atoms with Gasteiger partial charge in [-0.3, -0.25) is 14.5 Å². The Kier molecular flexibility index (Phi) is 5.95. The number of morpholine rings is 1. The molecule has 1 aromatic carbocycles. The van der Waals surface area contributed by atoms with E-state index < -0.39 is 40.0 Å². The van der Waals surface area contributed by atoms with E-state index in [0.717, 1.165) is 17.7 Å². The number of sulfonamides is 1. The van der Waals surface area contributed by atoms with Crippen LogP contribution in [-0.2, 0) is 24.3 Å². The number of carbonyl (C=O) groups excluding carboxylic acids is 3. The van der Waals surface area contributed by atoms with Crippen molar-refractivity contribution in [2.24, 2.45) is 0 Å². The summed E-state index contributed by atoms with van der Waals surface area (Å²) in [5.41, 5.74) is -0.815. The number of anilines is 1. The van der Waals surface area contributed by atoms with E-state index in [0.29, 0.717) is 26.1 Å². The van der Waals surface area contributed by atoms with Crippen LogP contribution in [0.15, 0.2) is 23.1 Å². The van der Waals surface area contributed by atoms with Gasteiger partial charge in [0.2, 0.25) is 15.9 Å². The highest BCUT2D eigenvalue weighted by Gasteiger charge is 2.52.